The van der Waals surface area contributed by atoms with E-state index >= 15 is 0 Å². The second-order valence-corrected chi connectivity index (χ2v) is 7.40. The number of nitrogens with one attached hydrogen (secondary N) is 1. The molecule has 3 rings (SSSR count). The number of aryl methyl sites for hydroxylation is 1. The fourth-order valence-corrected chi connectivity index (χ4v) is 4.10. The van der Waals surface area contributed by atoms with Gasteiger partial charge < -0.3 is 15.0 Å². The number of hydrogen-bond donors (Lipinski definition) is 1. The largest absolute Gasteiger partial charge is 0.496 e. The Bertz CT molecular complexity index is 723. The molecule has 0 aliphatic carbocycles. The highest BCUT2D eigenvalue weighted by atomic mass is 32.1. The minimum Gasteiger partial charge on any atom is -0.496 e. The van der Waals surface area contributed by atoms with Gasteiger partial charge in [-0.3, -0.25) is 4.79 Å². The van der Waals surface area contributed by atoms with Crippen LogP contribution < -0.4 is 10.1 Å². The van der Waals surface area contributed by atoms with E-state index in [-0.39, 0.29) is 5.91 Å². The van der Waals surface area contributed by atoms with Crippen molar-refractivity contribution in [3.8, 4) is 5.75 Å². The molecule has 1 aliphatic rings. The van der Waals surface area contributed by atoms with Gasteiger partial charge in [0, 0.05) is 25.1 Å². The zero-order valence-corrected chi connectivity index (χ0v) is 15.7. The number of likely N-dealkylation sites (tertiary alicyclic amines) is 1. The molecule has 1 fully saturated rings. The van der Waals surface area contributed by atoms with Crippen LogP contribution in [0, 0.1) is 6.92 Å². The van der Waals surface area contributed by atoms with Crippen LogP contribution in [0.4, 0.5) is 0 Å². The molecule has 0 unspecified atom stereocenters. The number of rotatable bonds is 7. The van der Waals surface area contributed by atoms with E-state index in [9.17, 15) is 4.79 Å². The number of ether oxygens (including phenoxy) is 1. The molecule has 2 aromatic rings. The number of para-hydroxylation sites is 1. The highest BCUT2D eigenvalue weighted by molar-refractivity contribution is 7.13. The molecule has 0 radical (unpaired) electrons. The average molecular weight is 359 g/mol. The Morgan fingerprint density at radius 1 is 1.32 bits per heavy atom. The van der Waals surface area contributed by atoms with Crippen LogP contribution in [0.1, 0.15) is 38.8 Å². The Balaban J connectivity index is 1.58. The quantitative estimate of drug-likeness (QED) is 0.826. The summed E-state index contributed by atoms with van der Waals surface area (Å²) in [5.41, 5.74) is 1.79. The van der Waals surface area contributed by atoms with E-state index in [1.807, 2.05) is 31.2 Å². The van der Waals surface area contributed by atoms with Gasteiger partial charge >= 0.3 is 0 Å². The topological polar surface area (TPSA) is 54.5 Å². The predicted molar refractivity (Wildman–Crippen MR) is 100 cm³/mol. The maximum absolute atomic E-state index is 12.5. The van der Waals surface area contributed by atoms with E-state index in [0.717, 1.165) is 35.0 Å². The first-order valence-corrected chi connectivity index (χ1v) is 9.58. The van der Waals surface area contributed by atoms with Crippen LogP contribution in [-0.4, -0.2) is 42.5 Å². The molecule has 1 N–H and O–H groups in total. The lowest BCUT2D eigenvalue weighted by atomic mass is 10.2. The number of nitrogens with zero attached hydrogens (tertiary/aromatic N) is 2. The Morgan fingerprint density at radius 3 is 2.84 bits per heavy atom. The van der Waals surface area contributed by atoms with Crippen molar-refractivity contribution in [2.45, 2.75) is 32.7 Å². The van der Waals surface area contributed by atoms with Crippen LogP contribution in [-0.2, 0) is 13.0 Å². The summed E-state index contributed by atoms with van der Waals surface area (Å²) in [6.45, 7) is 5.78. The summed E-state index contributed by atoms with van der Waals surface area (Å²) in [5, 5.41) is 4.03. The molecule has 1 aliphatic heterocycles. The number of amides is 1. The van der Waals surface area contributed by atoms with Crippen molar-refractivity contribution in [3.63, 3.8) is 0 Å². The number of carbonyl (C=O) groups is 1. The first-order valence-electron chi connectivity index (χ1n) is 8.76. The third-order valence-corrected chi connectivity index (χ3v) is 5.74. The first kappa shape index (κ1) is 17.9. The molecule has 2 heterocycles. The zero-order chi connectivity index (χ0) is 17.6. The van der Waals surface area contributed by atoms with Gasteiger partial charge in [0.1, 0.15) is 10.6 Å². The van der Waals surface area contributed by atoms with Gasteiger partial charge in [0.2, 0.25) is 0 Å². The van der Waals surface area contributed by atoms with Crippen molar-refractivity contribution in [2.75, 3.05) is 26.7 Å². The normalized spacial score (nSPS) is 14.6. The Morgan fingerprint density at radius 2 is 2.08 bits per heavy atom. The zero-order valence-electron chi connectivity index (χ0n) is 14.9. The second-order valence-electron chi connectivity index (χ2n) is 6.32. The van der Waals surface area contributed by atoms with Crippen LogP contribution in [0.25, 0.3) is 0 Å². The third kappa shape index (κ3) is 4.58. The maximum atomic E-state index is 12.5. The van der Waals surface area contributed by atoms with Crippen LogP contribution >= 0.6 is 11.3 Å². The number of thiazole rings is 1. The van der Waals surface area contributed by atoms with Gasteiger partial charge in [-0.15, -0.1) is 11.3 Å². The van der Waals surface area contributed by atoms with Crippen LogP contribution in [0.3, 0.4) is 0 Å². The summed E-state index contributed by atoms with van der Waals surface area (Å²) in [6.07, 6.45) is 3.52. The molecule has 0 bridgehead atoms. The molecule has 5 nitrogen and oxygen atoms in total. The molecule has 134 valence electrons. The van der Waals surface area contributed by atoms with Gasteiger partial charge in [0.25, 0.3) is 5.91 Å². The van der Waals surface area contributed by atoms with Gasteiger partial charge in [0.15, 0.2) is 0 Å². The summed E-state index contributed by atoms with van der Waals surface area (Å²) < 4.78 is 5.33. The second kappa shape index (κ2) is 8.45. The molecule has 1 amide bonds. The molecule has 1 saturated heterocycles. The summed E-state index contributed by atoms with van der Waals surface area (Å²) in [6, 6.07) is 7.72. The number of methoxy groups -OCH3 is 1. The fourth-order valence-electron chi connectivity index (χ4n) is 3.13. The molecular weight excluding hydrogens is 334 g/mol. The van der Waals surface area contributed by atoms with E-state index in [4.69, 9.17) is 4.74 Å². The SMILES string of the molecule is COc1ccccc1CNC(=O)c1sc(CCN2CCCC2)nc1C. The van der Waals surface area contributed by atoms with E-state index in [2.05, 4.69) is 15.2 Å². The van der Waals surface area contributed by atoms with Crippen LogP contribution in [0.2, 0.25) is 0 Å². The van der Waals surface area contributed by atoms with E-state index in [1.165, 1.54) is 37.3 Å². The Kier molecular flexibility index (Phi) is 6.04. The molecule has 0 atom stereocenters. The minimum atomic E-state index is -0.0617. The van der Waals surface area contributed by atoms with E-state index in [1.54, 1.807) is 7.11 Å². The molecular formula is C19H25N3O2S. The van der Waals surface area contributed by atoms with Gasteiger partial charge in [-0.05, 0) is 38.9 Å². The number of carbonyl (C=O) groups excluding carboxylic acids is 1. The minimum absolute atomic E-state index is 0.0617. The smallest absolute Gasteiger partial charge is 0.263 e. The summed E-state index contributed by atoms with van der Waals surface area (Å²) in [7, 11) is 1.64. The maximum Gasteiger partial charge on any atom is 0.263 e. The average Bonchev–Trinajstić information content (AvgIpc) is 3.27. The molecule has 1 aromatic heterocycles. The molecule has 1 aromatic carbocycles. The number of aromatic nitrogens is 1. The molecule has 6 heteroatoms. The van der Waals surface area contributed by atoms with Crippen molar-refractivity contribution >= 4 is 17.2 Å². The first-order chi connectivity index (χ1) is 12.2. The highest BCUT2D eigenvalue weighted by Gasteiger charge is 2.17. The van der Waals surface area contributed by atoms with Crippen LogP contribution in [0.5, 0.6) is 5.75 Å². The Labute approximate surface area is 153 Å². The summed E-state index contributed by atoms with van der Waals surface area (Å²) >= 11 is 1.51. The highest BCUT2D eigenvalue weighted by Crippen LogP contribution is 2.21. The monoisotopic (exact) mass is 359 g/mol. The van der Waals surface area contributed by atoms with Gasteiger partial charge in [0.05, 0.1) is 17.8 Å². The van der Waals surface area contributed by atoms with Gasteiger partial charge in [-0.2, -0.15) is 0 Å². The lowest BCUT2D eigenvalue weighted by Gasteiger charge is -2.12. The summed E-state index contributed by atoms with van der Waals surface area (Å²) in [5.74, 6) is 0.725. The molecule has 0 saturated carbocycles. The lowest BCUT2D eigenvalue weighted by Crippen LogP contribution is -2.22. The molecule has 0 spiro atoms. The van der Waals surface area contributed by atoms with Crippen molar-refractivity contribution in [1.82, 2.24) is 15.2 Å². The fraction of sp³-hybridized carbons (Fsp3) is 0.474. The third-order valence-electron chi connectivity index (χ3n) is 4.52. The van der Waals surface area contributed by atoms with E-state index in [0.29, 0.717) is 11.4 Å². The van der Waals surface area contributed by atoms with Crippen LogP contribution in [0.15, 0.2) is 24.3 Å². The van der Waals surface area contributed by atoms with Gasteiger partial charge in [-0.25, -0.2) is 4.98 Å². The van der Waals surface area contributed by atoms with E-state index < -0.39 is 0 Å². The van der Waals surface area contributed by atoms with Crippen molar-refractivity contribution in [2.24, 2.45) is 0 Å². The lowest BCUT2D eigenvalue weighted by molar-refractivity contribution is 0.0954. The van der Waals surface area contributed by atoms with Crippen molar-refractivity contribution in [3.05, 3.63) is 45.4 Å². The van der Waals surface area contributed by atoms with Crippen molar-refractivity contribution in [1.29, 1.82) is 0 Å². The predicted octanol–water partition coefficient (Wildman–Crippen LogP) is 3.03. The summed E-state index contributed by atoms with van der Waals surface area (Å²) in [4.78, 5) is 20.3. The Hall–Kier alpha value is -1.92. The number of benzene rings is 1. The standard InChI is InChI=1S/C19H25N3O2S/c1-14-18(25-17(21-14)9-12-22-10-5-6-11-22)19(23)20-13-15-7-3-4-8-16(15)24-2/h3-4,7-8H,5-6,9-13H2,1-2H3,(H,20,23). The van der Waals surface area contributed by atoms with Gasteiger partial charge in [-0.1, -0.05) is 18.2 Å². The number of hydrogen-bond acceptors (Lipinski definition) is 5. The van der Waals surface area contributed by atoms with Crippen molar-refractivity contribution < 1.29 is 9.53 Å². The molecule has 25 heavy (non-hydrogen) atoms.